The summed E-state index contributed by atoms with van der Waals surface area (Å²) in [6.07, 6.45) is 0. The maximum Gasteiger partial charge on any atom is 0.323 e. The Kier molecular flexibility index (Phi) is 5.51. The minimum Gasteiger partial charge on any atom is -0.497 e. The normalized spacial score (nSPS) is 16.5. The van der Waals surface area contributed by atoms with Gasteiger partial charge in [0.15, 0.2) is 11.6 Å². The Morgan fingerprint density at radius 1 is 1.12 bits per heavy atom. The first-order valence-electron chi connectivity index (χ1n) is 7.89. The highest BCUT2D eigenvalue weighted by Crippen LogP contribution is 2.40. The minimum atomic E-state index is -1.01. The van der Waals surface area contributed by atoms with Gasteiger partial charge in [-0.25, -0.2) is 13.6 Å². The molecule has 2 aromatic rings. The lowest BCUT2D eigenvalue weighted by Crippen LogP contribution is -2.34. The van der Waals surface area contributed by atoms with Crippen molar-refractivity contribution in [2.75, 3.05) is 31.8 Å². The van der Waals surface area contributed by atoms with Crippen molar-refractivity contribution in [3.8, 4) is 11.5 Å². The summed E-state index contributed by atoms with van der Waals surface area (Å²) in [5.74, 6) is 0.0597. The van der Waals surface area contributed by atoms with Crippen LogP contribution in [0.5, 0.6) is 11.5 Å². The molecule has 2 aromatic carbocycles. The van der Waals surface area contributed by atoms with Crippen molar-refractivity contribution in [2.45, 2.75) is 5.37 Å². The van der Waals surface area contributed by atoms with E-state index in [2.05, 4.69) is 5.32 Å². The lowest BCUT2D eigenvalue weighted by Gasteiger charge is -2.25. The van der Waals surface area contributed by atoms with E-state index in [9.17, 15) is 13.6 Å². The van der Waals surface area contributed by atoms with Crippen molar-refractivity contribution in [1.29, 1.82) is 0 Å². The SMILES string of the molecule is COc1cc(OC)cc([C@@H]2SCCN2C(=O)Nc2ccc(F)c(F)c2)c1. The van der Waals surface area contributed by atoms with E-state index in [1.54, 1.807) is 36.9 Å². The van der Waals surface area contributed by atoms with E-state index in [1.807, 2.05) is 12.1 Å². The van der Waals surface area contributed by atoms with Gasteiger partial charge in [0.1, 0.15) is 16.9 Å². The summed E-state index contributed by atoms with van der Waals surface area (Å²) in [5, 5.41) is 2.38. The molecule has 0 spiro atoms. The zero-order valence-corrected chi connectivity index (χ0v) is 15.1. The summed E-state index contributed by atoms with van der Waals surface area (Å²) in [7, 11) is 3.13. The molecule has 0 aromatic heterocycles. The zero-order chi connectivity index (χ0) is 18.7. The third kappa shape index (κ3) is 3.85. The maximum absolute atomic E-state index is 13.3. The van der Waals surface area contributed by atoms with Gasteiger partial charge in [0.2, 0.25) is 0 Å². The van der Waals surface area contributed by atoms with Gasteiger partial charge in [-0.05, 0) is 29.8 Å². The molecule has 1 saturated heterocycles. The number of methoxy groups -OCH3 is 2. The Labute approximate surface area is 154 Å². The number of benzene rings is 2. The number of nitrogens with one attached hydrogen (secondary N) is 1. The molecular formula is C18H18F2N2O3S. The van der Waals surface area contributed by atoms with Gasteiger partial charge in [0, 0.05) is 30.1 Å². The molecular weight excluding hydrogens is 362 g/mol. The number of thioether (sulfide) groups is 1. The van der Waals surface area contributed by atoms with Crippen LogP contribution in [0.15, 0.2) is 36.4 Å². The topological polar surface area (TPSA) is 50.8 Å². The smallest absolute Gasteiger partial charge is 0.323 e. The quantitative estimate of drug-likeness (QED) is 0.861. The Morgan fingerprint density at radius 2 is 1.81 bits per heavy atom. The van der Waals surface area contributed by atoms with Crippen LogP contribution >= 0.6 is 11.8 Å². The fourth-order valence-electron chi connectivity index (χ4n) is 2.70. The van der Waals surface area contributed by atoms with Gasteiger partial charge < -0.3 is 19.7 Å². The maximum atomic E-state index is 13.3. The molecule has 0 bridgehead atoms. The highest BCUT2D eigenvalue weighted by atomic mass is 32.2. The van der Waals surface area contributed by atoms with Crippen molar-refractivity contribution < 1.29 is 23.0 Å². The number of rotatable bonds is 4. The molecule has 5 nitrogen and oxygen atoms in total. The molecule has 3 rings (SSSR count). The number of ether oxygens (including phenoxy) is 2. The lowest BCUT2D eigenvalue weighted by atomic mass is 10.2. The second-order valence-corrected chi connectivity index (χ2v) is 6.81. The van der Waals surface area contributed by atoms with Gasteiger partial charge in [-0.1, -0.05) is 0 Å². The summed E-state index contributed by atoms with van der Waals surface area (Å²) in [6.45, 7) is 0.532. The van der Waals surface area contributed by atoms with E-state index in [1.165, 1.54) is 6.07 Å². The van der Waals surface area contributed by atoms with Crippen LogP contribution in [-0.4, -0.2) is 37.4 Å². The molecule has 1 atom stereocenters. The van der Waals surface area contributed by atoms with Crippen LogP contribution in [-0.2, 0) is 0 Å². The van der Waals surface area contributed by atoms with E-state index >= 15 is 0 Å². The molecule has 2 amide bonds. The lowest BCUT2D eigenvalue weighted by molar-refractivity contribution is 0.214. The standard InChI is InChI=1S/C18H18F2N2O3S/c1-24-13-7-11(8-14(10-13)25-2)17-22(5-6-26-17)18(23)21-12-3-4-15(19)16(20)9-12/h3-4,7-10,17H,5-6H2,1-2H3,(H,21,23)/t17-/m0/s1. The van der Waals surface area contributed by atoms with Gasteiger partial charge >= 0.3 is 6.03 Å². The van der Waals surface area contributed by atoms with E-state index < -0.39 is 11.6 Å². The van der Waals surface area contributed by atoms with Crippen molar-refractivity contribution in [1.82, 2.24) is 4.90 Å². The van der Waals surface area contributed by atoms with Crippen LogP contribution in [0, 0.1) is 11.6 Å². The van der Waals surface area contributed by atoms with Crippen molar-refractivity contribution >= 4 is 23.5 Å². The number of carbonyl (C=O) groups excluding carboxylic acids is 1. The van der Waals surface area contributed by atoms with Crippen LogP contribution in [0.1, 0.15) is 10.9 Å². The van der Waals surface area contributed by atoms with Crippen molar-refractivity contribution in [3.63, 3.8) is 0 Å². The Morgan fingerprint density at radius 3 is 2.42 bits per heavy atom. The van der Waals surface area contributed by atoms with Crippen LogP contribution in [0.2, 0.25) is 0 Å². The highest BCUT2D eigenvalue weighted by Gasteiger charge is 2.31. The monoisotopic (exact) mass is 380 g/mol. The Bertz CT molecular complexity index is 797. The van der Waals surface area contributed by atoms with Gasteiger partial charge in [-0.2, -0.15) is 0 Å². The van der Waals surface area contributed by atoms with E-state index in [0.29, 0.717) is 18.0 Å². The zero-order valence-electron chi connectivity index (χ0n) is 14.3. The van der Waals surface area contributed by atoms with Crippen LogP contribution in [0.25, 0.3) is 0 Å². The van der Waals surface area contributed by atoms with Crippen LogP contribution < -0.4 is 14.8 Å². The molecule has 0 aliphatic carbocycles. The summed E-state index contributed by atoms with van der Waals surface area (Å²) in [4.78, 5) is 14.3. The molecule has 138 valence electrons. The molecule has 1 heterocycles. The number of hydrogen-bond acceptors (Lipinski definition) is 4. The average Bonchev–Trinajstić information content (AvgIpc) is 3.14. The summed E-state index contributed by atoms with van der Waals surface area (Å²) in [5.41, 5.74) is 1.07. The fourth-order valence-corrected chi connectivity index (χ4v) is 3.93. The number of amides is 2. The van der Waals surface area contributed by atoms with Crippen LogP contribution in [0.4, 0.5) is 19.3 Å². The molecule has 1 N–H and O–H groups in total. The number of anilines is 1. The first-order valence-corrected chi connectivity index (χ1v) is 8.94. The Hall–Kier alpha value is -2.48. The number of urea groups is 1. The van der Waals surface area contributed by atoms with Gasteiger partial charge in [0.05, 0.1) is 14.2 Å². The molecule has 0 saturated carbocycles. The first kappa shape index (κ1) is 18.3. The summed E-state index contributed by atoms with van der Waals surface area (Å²) >= 11 is 1.61. The number of halogens is 2. The highest BCUT2D eigenvalue weighted by molar-refractivity contribution is 7.99. The second-order valence-electron chi connectivity index (χ2n) is 5.62. The minimum absolute atomic E-state index is 0.202. The number of hydrogen-bond donors (Lipinski definition) is 1. The van der Waals surface area contributed by atoms with Gasteiger partial charge in [-0.15, -0.1) is 11.8 Å². The molecule has 26 heavy (non-hydrogen) atoms. The van der Waals surface area contributed by atoms with E-state index in [-0.39, 0.29) is 17.1 Å². The molecule has 1 aliphatic heterocycles. The molecule has 0 unspecified atom stereocenters. The molecule has 1 fully saturated rings. The largest absolute Gasteiger partial charge is 0.497 e. The average molecular weight is 380 g/mol. The van der Waals surface area contributed by atoms with E-state index in [0.717, 1.165) is 23.4 Å². The van der Waals surface area contributed by atoms with Gasteiger partial charge in [0.25, 0.3) is 0 Å². The van der Waals surface area contributed by atoms with Crippen LogP contribution in [0.3, 0.4) is 0 Å². The second kappa shape index (κ2) is 7.82. The van der Waals surface area contributed by atoms with Crippen molar-refractivity contribution in [2.24, 2.45) is 0 Å². The molecule has 0 radical (unpaired) electrons. The fraction of sp³-hybridized carbons (Fsp3) is 0.278. The molecule has 1 aliphatic rings. The predicted octanol–water partition coefficient (Wildman–Crippen LogP) is 4.26. The third-order valence-corrected chi connectivity index (χ3v) is 5.24. The Balaban J connectivity index is 1.81. The van der Waals surface area contributed by atoms with Crippen molar-refractivity contribution in [3.05, 3.63) is 53.6 Å². The molecule has 8 heteroatoms. The number of carbonyl (C=O) groups is 1. The van der Waals surface area contributed by atoms with Gasteiger partial charge in [-0.3, -0.25) is 0 Å². The summed E-state index contributed by atoms with van der Waals surface area (Å²) in [6, 6.07) is 8.34. The first-order chi connectivity index (χ1) is 12.5. The van der Waals surface area contributed by atoms with E-state index in [4.69, 9.17) is 9.47 Å². The number of nitrogens with zero attached hydrogens (tertiary/aromatic N) is 1. The summed E-state index contributed by atoms with van der Waals surface area (Å²) < 4.78 is 37.0. The predicted molar refractivity (Wildman–Crippen MR) is 96.8 cm³/mol. The third-order valence-electron chi connectivity index (χ3n) is 3.98.